The first kappa shape index (κ1) is 18.3. The van der Waals surface area contributed by atoms with Gasteiger partial charge in [-0.2, -0.15) is 0 Å². The van der Waals surface area contributed by atoms with Crippen molar-refractivity contribution in [2.24, 2.45) is 0 Å². The van der Waals surface area contributed by atoms with Gasteiger partial charge in [0.05, 0.1) is 24.3 Å². The number of allylic oxidation sites excluding steroid dienone is 1. The molecule has 1 fully saturated rings. The van der Waals surface area contributed by atoms with Crippen LogP contribution in [0.15, 0.2) is 35.5 Å². The molecule has 1 saturated heterocycles. The Morgan fingerprint density at radius 3 is 2.73 bits per heavy atom. The molecule has 2 unspecified atom stereocenters. The maximum absolute atomic E-state index is 12.7. The number of hydrogen-bond donors (Lipinski definition) is 2. The van der Waals surface area contributed by atoms with Crippen LogP contribution in [-0.4, -0.2) is 37.9 Å². The summed E-state index contributed by atoms with van der Waals surface area (Å²) in [6, 6.07) is 6.38. The fourth-order valence-corrected chi connectivity index (χ4v) is 3.16. The minimum absolute atomic E-state index is 0.0464. The van der Waals surface area contributed by atoms with Crippen LogP contribution in [0.2, 0.25) is 0 Å². The summed E-state index contributed by atoms with van der Waals surface area (Å²) < 4.78 is 16.4. The predicted octanol–water partition coefficient (Wildman–Crippen LogP) is 2.44. The molecule has 140 valence electrons. The topological polar surface area (TPSA) is 85.9 Å². The van der Waals surface area contributed by atoms with E-state index >= 15 is 0 Å². The smallest absolute Gasteiger partial charge is 0.338 e. The van der Waals surface area contributed by atoms with Gasteiger partial charge in [-0.25, -0.2) is 9.59 Å². The predicted molar refractivity (Wildman–Crippen MR) is 94.7 cm³/mol. The third kappa shape index (κ3) is 4.16. The average Bonchev–Trinajstić information content (AvgIpc) is 3.13. The fourth-order valence-electron chi connectivity index (χ4n) is 3.16. The van der Waals surface area contributed by atoms with Gasteiger partial charge in [0.15, 0.2) is 0 Å². The highest BCUT2D eigenvalue weighted by Crippen LogP contribution is 2.29. The third-order valence-electron chi connectivity index (χ3n) is 4.44. The van der Waals surface area contributed by atoms with E-state index in [9.17, 15) is 9.59 Å². The molecule has 1 aromatic rings. The number of hydrogen-bond acceptors (Lipinski definition) is 5. The highest BCUT2D eigenvalue weighted by molar-refractivity contribution is 5.95. The van der Waals surface area contributed by atoms with Crippen molar-refractivity contribution in [3.8, 4) is 5.75 Å². The molecule has 2 heterocycles. The number of urea groups is 1. The van der Waals surface area contributed by atoms with Gasteiger partial charge in [-0.3, -0.25) is 0 Å². The summed E-state index contributed by atoms with van der Waals surface area (Å²) in [4.78, 5) is 24.6. The maximum atomic E-state index is 12.7. The van der Waals surface area contributed by atoms with Crippen molar-refractivity contribution in [3.05, 3.63) is 41.1 Å². The molecule has 2 aliphatic heterocycles. The molecule has 2 atom stereocenters. The first-order valence-corrected chi connectivity index (χ1v) is 8.88. The van der Waals surface area contributed by atoms with Crippen LogP contribution < -0.4 is 15.4 Å². The number of rotatable bonds is 6. The van der Waals surface area contributed by atoms with Crippen LogP contribution in [0.5, 0.6) is 5.75 Å². The molecular formula is C19H24N2O5. The Kier molecular flexibility index (Phi) is 5.78. The molecule has 0 bridgehead atoms. The fraction of sp³-hybridized carbons (Fsp3) is 0.474. The van der Waals surface area contributed by atoms with Crippen LogP contribution in [0, 0.1) is 0 Å². The van der Waals surface area contributed by atoms with Crippen LogP contribution in [0.25, 0.3) is 0 Å². The van der Waals surface area contributed by atoms with E-state index in [1.54, 1.807) is 6.92 Å². The Morgan fingerprint density at radius 1 is 1.31 bits per heavy atom. The summed E-state index contributed by atoms with van der Waals surface area (Å²) in [5.41, 5.74) is 1.67. The van der Waals surface area contributed by atoms with Crippen LogP contribution in [0.3, 0.4) is 0 Å². The number of benzene rings is 1. The highest BCUT2D eigenvalue weighted by Gasteiger charge is 2.32. The Hall–Kier alpha value is -2.54. The Morgan fingerprint density at radius 2 is 2.08 bits per heavy atom. The molecule has 2 aliphatic rings. The lowest BCUT2D eigenvalue weighted by atomic mass is 9.95. The lowest BCUT2D eigenvalue weighted by Gasteiger charge is -2.28. The number of nitrogens with one attached hydrogen (secondary N) is 2. The lowest BCUT2D eigenvalue weighted by Crippen LogP contribution is -2.45. The van der Waals surface area contributed by atoms with Crippen molar-refractivity contribution in [1.82, 2.24) is 10.6 Å². The zero-order chi connectivity index (χ0) is 18.5. The SMILES string of the molecule is CCOc1ccc(C2NC(=O)NC(C)=C2C(=O)OCC2CCCO2)cc1. The van der Waals surface area contributed by atoms with Gasteiger partial charge in [0.1, 0.15) is 12.4 Å². The van der Waals surface area contributed by atoms with Crippen molar-refractivity contribution in [3.63, 3.8) is 0 Å². The van der Waals surface area contributed by atoms with Crippen LogP contribution in [-0.2, 0) is 14.3 Å². The second-order valence-corrected chi connectivity index (χ2v) is 6.31. The van der Waals surface area contributed by atoms with E-state index in [0.29, 0.717) is 24.5 Å². The van der Waals surface area contributed by atoms with E-state index in [-0.39, 0.29) is 18.7 Å². The molecule has 7 nitrogen and oxygen atoms in total. The minimum Gasteiger partial charge on any atom is -0.494 e. The molecule has 7 heteroatoms. The Balaban J connectivity index is 1.78. The highest BCUT2D eigenvalue weighted by atomic mass is 16.6. The van der Waals surface area contributed by atoms with Crippen LogP contribution in [0.1, 0.15) is 38.3 Å². The summed E-state index contributed by atoms with van der Waals surface area (Å²) in [6.45, 7) is 5.11. The first-order chi connectivity index (χ1) is 12.6. The average molecular weight is 360 g/mol. The second-order valence-electron chi connectivity index (χ2n) is 6.31. The number of esters is 1. The third-order valence-corrected chi connectivity index (χ3v) is 4.44. The lowest BCUT2D eigenvalue weighted by molar-refractivity contribution is -0.142. The molecular weight excluding hydrogens is 336 g/mol. The van der Waals surface area contributed by atoms with Gasteiger partial charge in [0.2, 0.25) is 0 Å². The quantitative estimate of drug-likeness (QED) is 0.761. The molecule has 0 aliphatic carbocycles. The Labute approximate surface area is 152 Å². The van der Waals surface area contributed by atoms with Crippen molar-refractivity contribution in [2.75, 3.05) is 19.8 Å². The van der Waals surface area contributed by atoms with E-state index in [1.165, 1.54) is 0 Å². The van der Waals surface area contributed by atoms with E-state index < -0.39 is 12.0 Å². The minimum atomic E-state index is -0.573. The van der Waals surface area contributed by atoms with Crippen LogP contribution >= 0.6 is 0 Å². The normalized spacial score (nSPS) is 22.6. The monoisotopic (exact) mass is 360 g/mol. The number of carbonyl (C=O) groups excluding carboxylic acids is 2. The molecule has 2 amide bonds. The van der Waals surface area contributed by atoms with E-state index in [4.69, 9.17) is 14.2 Å². The van der Waals surface area contributed by atoms with Crippen molar-refractivity contribution in [1.29, 1.82) is 0 Å². The van der Waals surface area contributed by atoms with Gasteiger partial charge in [0.25, 0.3) is 0 Å². The van der Waals surface area contributed by atoms with Gasteiger partial charge in [-0.1, -0.05) is 12.1 Å². The molecule has 0 saturated carbocycles. The summed E-state index contributed by atoms with van der Waals surface area (Å²) in [5.74, 6) is 0.282. The van der Waals surface area contributed by atoms with Gasteiger partial charge < -0.3 is 24.8 Å². The Bertz CT molecular complexity index is 692. The van der Waals surface area contributed by atoms with E-state index in [2.05, 4.69) is 10.6 Å². The number of ether oxygens (including phenoxy) is 3. The second kappa shape index (κ2) is 8.23. The summed E-state index contributed by atoms with van der Waals surface area (Å²) in [6.07, 6.45) is 1.83. The first-order valence-electron chi connectivity index (χ1n) is 8.88. The molecule has 2 N–H and O–H groups in total. The van der Waals surface area contributed by atoms with Gasteiger partial charge in [-0.05, 0) is 44.4 Å². The van der Waals surface area contributed by atoms with Crippen molar-refractivity contribution < 1.29 is 23.8 Å². The zero-order valence-electron chi connectivity index (χ0n) is 15.0. The molecule has 26 heavy (non-hydrogen) atoms. The number of amides is 2. The molecule has 3 rings (SSSR count). The standard InChI is InChI=1S/C19H24N2O5/c1-3-24-14-8-6-13(7-9-14)17-16(12(2)20-19(23)21-17)18(22)26-11-15-5-4-10-25-15/h6-9,15,17H,3-5,10-11H2,1-2H3,(H2,20,21,23). The summed E-state index contributed by atoms with van der Waals surface area (Å²) in [5, 5.41) is 5.44. The van der Waals surface area contributed by atoms with Crippen molar-refractivity contribution >= 4 is 12.0 Å². The van der Waals surface area contributed by atoms with Gasteiger partial charge in [0, 0.05) is 12.3 Å². The van der Waals surface area contributed by atoms with Crippen LogP contribution in [0.4, 0.5) is 4.79 Å². The van der Waals surface area contributed by atoms with E-state index in [1.807, 2.05) is 31.2 Å². The van der Waals surface area contributed by atoms with E-state index in [0.717, 1.165) is 24.2 Å². The maximum Gasteiger partial charge on any atom is 0.338 e. The largest absolute Gasteiger partial charge is 0.494 e. The van der Waals surface area contributed by atoms with Gasteiger partial charge >= 0.3 is 12.0 Å². The zero-order valence-corrected chi connectivity index (χ0v) is 15.0. The van der Waals surface area contributed by atoms with Crippen molar-refractivity contribution in [2.45, 2.75) is 38.8 Å². The molecule has 0 radical (unpaired) electrons. The molecule has 1 aromatic carbocycles. The summed E-state index contributed by atoms with van der Waals surface area (Å²) in [7, 11) is 0. The molecule has 0 spiro atoms. The van der Waals surface area contributed by atoms with Gasteiger partial charge in [-0.15, -0.1) is 0 Å². The molecule has 0 aromatic heterocycles. The summed E-state index contributed by atoms with van der Waals surface area (Å²) >= 11 is 0. The number of carbonyl (C=O) groups is 2.